The van der Waals surface area contributed by atoms with Gasteiger partial charge in [-0.25, -0.2) is 0 Å². The molecule has 0 spiro atoms. The lowest BCUT2D eigenvalue weighted by Gasteiger charge is -2.08. The second kappa shape index (κ2) is 10.2. The van der Waals surface area contributed by atoms with Gasteiger partial charge in [-0.2, -0.15) is 35.5 Å². The highest BCUT2D eigenvalue weighted by Gasteiger charge is 2.20. The van der Waals surface area contributed by atoms with Crippen molar-refractivity contribution in [2.24, 2.45) is 20.5 Å². The molecule has 0 aromatic heterocycles. The Balaban J connectivity index is 1.73. The predicted octanol–water partition coefficient (Wildman–Crippen LogP) is 5.12. The smallest absolute Gasteiger partial charge is 0.296 e. The molecule has 39 heavy (non-hydrogen) atoms. The number of phenolic OH excluding ortho intramolecular Hbond substituents is 1. The number of rotatable bonds is 7. The Morgan fingerprint density at radius 3 is 1.64 bits per heavy atom. The van der Waals surface area contributed by atoms with E-state index in [9.17, 15) is 39.5 Å². The van der Waals surface area contributed by atoms with Crippen LogP contribution in [0.4, 0.5) is 22.7 Å². The minimum Gasteiger partial charge on any atom is -0.505 e. The quantitative estimate of drug-likeness (QED) is 0.163. The van der Waals surface area contributed by atoms with Crippen LogP contribution in [0.15, 0.2) is 108 Å². The first-order chi connectivity index (χ1) is 18.1. The van der Waals surface area contributed by atoms with Crippen LogP contribution in [0.5, 0.6) is 5.75 Å². The van der Waals surface area contributed by atoms with Crippen LogP contribution in [-0.4, -0.2) is 44.0 Å². The highest BCUT2D eigenvalue weighted by molar-refractivity contribution is 7.86. The number of hydrogen-bond donors (Lipinski definition) is 4. The normalized spacial score (nSPS) is 13.0. The summed E-state index contributed by atoms with van der Waals surface area (Å²) < 4.78 is 98.3. The largest absolute Gasteiger partial charge is 0.505 e. The average Bonchev–Trinajstić information content (AvgIpc) is 2.86. The molecular formula is C22H16N4O10S3. The molecule has 4 aromatic rings. The van der Waals surface area contributed by atoms with Gasteiger partial charge >= 0.3 is 0 Å². The molecule has 0 aliphatic rings. The van der Waals surface area contributed by atoms with Gasteiger partial charge in [-0.15, -0.1) is 10.2 Å². The summed E-state index contributed by atoms with van der Waals surface area (Å²) >= 11 is 0. The first kappa shape index (κ1) is 27.9. The van der Waals surface area contributed by atoms with E-state index in [-0.39, 0.29) is 27.0 Å². The molecular weight excluding hydrogens is 576 g/mol. The van der Waals surface area contributed by atoms with Crippen LogP contribution in [0.3, 0.4) is 0 Å². The topological polar surface area (TPSA) is 233 Å². The van der Waals surface area contributed by atoms with Gasteiger partial charge in [0.05, 0.1) is 16.3 Å². The van der Waals surface area contributed by atoms with E-state index in [1.54, 1.807) is 0 Å². The first-order valence-electron chi connectivity index (χ1n) is 10.4. The molecule has 0 unspecified atom stereocenters. The summed E-state index contributed by atoms with van der Waals surface area (Å²) in [6, 6.07) is 14.4. The molecule has 0 heterocycles. The van der Waals surface area contributed by atoms with Gasteiger partial charge in [0.2, 0.25) is 0 Å². The van der Waals surface area contributed by atoms with Crippen molar-refractivity contribution in [1.29, 1.82) is 0 Å². The Hall–Kier alpha value is -4.13. The minimum atomic E-state index is -4.89. The Morgan fingerprint density at radius 1 is 0.513 bits per heavy atom. The summed E-state index contributed by atoms with van der Waals surface area (Å²) in [5.41, 5.74) is -0.738. The molecule has 0 radical (unpaired) electrons. The third kappa shape index (κ3) is 6.30. The minimum absolute atomic E-state index is 0.0115. The Morgan fingerprint density at radius 2 is 1.05 bits per heavy atom. The van der Waals surface area contributed by atoms with Crippen molar-refractivity contribution >= 4 is 63.9 Å². The van der Waals surface area contributed by atoms with Crippen molar-refractivity contribution in [2.75, 3.05) is 0 Å². The van der Waals surface area contributed by atoms with Crippen molar-refractivity contribution in [1.82, 2.24) is 0 Å². The van der Waals surface area contributed by atoms with Gasteiger partial charge in [-0.3, -0.25) is 13.7 Å². The molecule has 4 N–H and O–H groups in total. The third-order valence-electron chi connectivity index (χ3n) is 5.14. The number of nitrogens with zero attached hydrogens (tertiary/aromatic N) is 4. The lowest BCUT2D eigenvalue weighted by atomic mass is 10.1. The SMILES string of the molecule is O=S(=O)(O)c1ccc(/N=N/c2ccc(/N=N/c3cc(S(=O)(=O)O)c4ccccc4c3O)c(S(=O)(=O)O)c2)cc1. The van der Waals surface area contributed by atoms with Gasteiger partial charge in [0.15, 0.2) is 5.75 Å². The summed E-state index contributed by atoms with van der Waals surface area (Å²) in [4.78, 5) is -1.69. The number of azo groups is 2. The monoisotopic (exact) mass is 592 g/mol. The number of fused-ring (bicyclic) bond motifs is 1. The molecule has 0 aliphatic heterocycles. The molecule has 17 heteroatoms. The van der Waals surface area contributed by atoms with E-state index in [2.05, 4.69) is 20.5 Å². The molecule has 0 amide bonds. The molecule has 0 bridgehead atoms. The first-order valence-corrected chi connectivity index (χ1v) is 14.7. The fourth-order valence-corrected chi connectivity index (χ4v) is 5.20. The molecule has 202 valence electrons. The van der Waals surface area contributed by atoms with Gasteiger partial charge < -0.3 is 5.11 Å². The number of aromatic hydroxyl groups is 1. The Labute approximate surface area is 221 Å². The summed E-state index contributed by atoms with van der Waals surface area (Å²) in [5.74, 6) is -0.499. The van der Waals surface area contributed by atoms with Gasteiger partial charge in [-0.1, -0.05) is 24.3 Å². The fourth-order valence-electron chi connectivity index (χ4n) is 3.36. The van der Waals surface area contributed by atoms with Crippen LogP contribution in [0.2, 0.25) is 0 Å². The van der Waals surface area contributed by atoms with E-state index in [0.29, 0.717) is 0 Å². The maximum atomic E-state index is 12.0. The molecule has 0 saturated heterocycles. The van der Waals surface area contributed by atoms with Crippen LogP contribution in [0.1, 0.15) is 0 Å². The van der Waals surface area contributed by atoms with Crippen molar-refractivity contribution in [2.45, 2.75) is 14.7 Å². The van der Waals surface area contributed by atoms with Crippen molar-refractivity contribution < 1.29 is 44.0 Å². The highest BCUT2D eigenvalue weighted by atomic mass is 32.2. The summed E-state index contributed by atoms with van der Waals surface area (Å²) in [5, 5.41) is 25.7. The maximum absolute atomic E-state index is 12.0. The van der Waals surface area contributed by atoms with E-state index in [1.807, 2.05) is 0 Å². The van der Waals surface area contributed by atoms with Crippen molar-refractivity contribution in [3.05, 3.63) is 72.8 Å². The Kier molecular flexibility index (Phi) is 7.30. The number of phenols is 1. The van der Waals surface area contributed by atoms with E-state index < -0.39 is 57.3 Å². The molecule has 14 nitrogen and oxygen atoms in total. The van der Waals surface area contributed by atoms with Crippen molar-refractivity contribution in [3.8, 4) is 5.75 Å². The van der Waals surface area contributed by atoms with Crippen LogP contribution >= 0.6 is 0 Å². The molecule has 0 aliphatic carbocycles. The zero-order chi connectivity index (χ0) is 28.6. The molecule has 0 atom stereocenters. The van der Waals surface area contributed by atoms with E-state index in [4.69, 9.17) is 4.55 Å². The lowest BCUT2D eigenvalue weighted by molar-refractivity contribution is 0.478. The second-order valence-corrected chi connectivity index (χ2v) is 12.0. The van der Waals surface area contributed by atoms with E-state index in [1.165, 1.54) is 42.5 Å². The Bertz CT molecular complexity index is 1990. The number of benzene rings is 4. The van der Waals surface area contributed by atoms with Gasteiger partial charge in [-0.05, 0) is 48.5 Å². The zero-order valence-corrected chi connectivity index (χ0v) is 21.6. The second-order valence-electron chi connectivity index (χ2n) is 7.76. The number of hydrogen-bond acceptors (Lipinski definition) is 11. The fraction of sp³-hybridized carbons (Fsp3) is 0. The highest BCUT2D eigenvalue weighted by Crippen LogP contribution is 2.40. The van der Waals surface area contributed by atoms with Gasteiger partial charge in [0.1, 0.15) is 21.2 Å². The molecule has 4 aromatic carbocycles. The molecule has 0 saturated carbocycles. The lowest BCUT2D eigenvalue weighted by Crippen LogP contribution is -1.99. The molecule has 0 fully saturated rings. The van der Waals surface area contributed by atoms with Crippen LogP contribution in [-0.2, 0) is 30.4 Å². The standard InChI is InChI=1S/C22H16N4O10S3/c27-22-17-4-2-1-3-16(17)20(38(31,32)33)12-19(22)26-25-18-10-7-14(11-21(18)39(34,35)36)24-23-13-5-8-15(9-6-13)37(28,29)30/h1-12,27H,(H,28,29,30)(H,31,32,33)(H,34,35,36)/b24-23+,26-25+. The van der Waals surface area contributed by atoms with Gasteiger partial charge in [0, 0.05) is 10.8 Å². The van der Waals surface area contributed by atoms with Crippen LogP contribution in [0, 0.1) is 0 Å². The predicted molar refractivity (Wildman–Crippen MR) is 136 cm³/mol. The van der Waals surface area contributed by atoms with Crippen LogP contribution in [0.25, 0.3) is 10.8 Å². The van der Waals surface area contributed by atoms with Crippen molar-refractivity contribution in [3.63, 3.8) is 0 Å². The average molecular weight is 593 g/mol. The van der Waals surface area contributed by atoms with E-state index in [0.717, 1.165) is 30.3 Å². The van der Waals surface area contributed by atoms with Crippen LogP contribution < -0.4 is 0 Å². The summed E-state index contributed by atoms with van der Waals surface area (Å²) in [7, 11) is -14.0. The third-order valence-corrected chi connectivity index (χ3v) is 7.78. The van der Waals surface area contributed by atoms with E-state index >= 15 is 0 Å². The summed E-state index contributed by atoms with van der Waals surface area (Å²) in [6.45, 7) is 0. The summed E-state index contributed by atoms with van der Waals surface area (Å²) in [6.07, 6.45) is 0. The zero-order valence-electron chi connectivity index (χ0n) is 19.2. The maximum Gasteiger partial charge on any atom is 0.296 e. The molecule has 4 rings (SSSR count). The van der Waals surface area contributed by atoms with Gasteiger partial charge in [0.25, 0.3) is 30.4 Å².